The predicted octanol–water partition coefficient (Wildman–Crippen LogP) is 6.50. The lowest BCUT2D eigenvalue weighted by molar-refractivity contribution is -0.142. The third-order valence-electron chi connectivity index (χ3n) is 6.26. The molecule has 0 atom stereocenters. The average Bonchev–Trinajstić information content (AvgIpc) is 3.19. The molecule has 174 valence electrons. The minimum atomic E-state index is -0.905. The van der Waals surface area contributed by atoms with Crippen molar-refractivity contribution in [2.45, 2.75) is 37.3 Å². The number of benzene rings is 2. The molecular weight excluding hydrogens is 456 g/mol. The zero-order chi connectivity index (χ0) is 23.2. The van der Waals surface area contributed by atoms with Crippen LogP contribution >= 0.6 is 23.4 Å². The van der Waals surface area contributed by atoms with Crippen LogP contribution in [-0.2, 0) is 16.1 Å². The van der Waals surface area contributed by atoms with Gasteiger partial charge in [-0.05, 0) is 61.5 Å². The first-order valence-electron chi connectivity index (χ1n) is 11.3. The fraction of sp³-hybridized carbons (Fsp3) is 0.385. The van der Waals surface area contributed by atoms with Crippen LogP contribution in [0.3, 0.4) is 0 Å². The van der Waals surface area contributed by atoms with Crippen LogP contribution in [0.15, 0.2) is 59.6 Å². The summed E-state index contributed by atoms with van der Waals surface area (Å²) in [7, 11) is 0. The Bertz CT molecular complexity index is 1060. The maximum Gasteiger partial charge on any atom is 0.329 e. The monoisotopic (exact) mass is 484 g/mol. The standard InChI is InChI=1S/C26H29ClN2O3S/c1-33-26-24(20-11-13-22(27)14-12-20)25(21-5-3-2-4-6-21)28-29(26)15-18-7-9-19(10-8-18)16-32-17-23(30)31/h2-6,11-14,18-19H,7-10,15-17H2,1H3,(H,30,31)/t18-,19-. The Labute approximate surface area is 204 Å². The summed E-state index contributed by atoms with van der Waals surface area (Å²) in [6.45, 7) is 1.21. The Morgan fingerprint density at radius 1 is 1.06 bits per heavy atom. The summed E-state index contributed by atoms with van der Waals surface area (Å²) < 4.78 is 7.50. The molecule has 2 aromatic carbocycles. The van der Waals surface area contributed by atoms with Crippen LogP contribution < -0.4 is 0 Å². The van der Waals surface area contributed by atoms with Gasteiger partial charge in [-0.15, -0.1) is 11.8 Å². The van der Waals surface area contributed by atoms with Crippen LogP contribution in [0, 0.1) is 11.8 Å². The summed E-state index contributed by atoms with van der Waals surface area (Å²) in [6, 6.07) is 18.3. The molecule has 1 aliphatic rings. The molecule has 0 saturated heterocycles. The zero-order valence-corrected chi connectivity index (χ0v) is 20.3. The molecule has 5 nitrogen and oxygen atoms in total. The van der Waals surface area contributed by atoms with E-state index in [1.807, 2.05) is 30.3 Å². The number of hydrogen-bond donors (Lipinski definition) is 1. The van der Waals surface area contributed by atoms with Crippen LogP contribution in [0.2, 0.25) is 5.02 Å². The number of aromatic nitrogens is 2. The largest absolute Gasteiger partial charge is 0.480 e. The van der Waals surface area contributed by atoms with Crippen molar-refractivity contribution in [1.29, 1.82) is 0 Å². The zero-order valence-electron chi connectivity index (χ0n) is 18.7. The van der Waals surface area contributed by atoms with E-state index < -0.39 is 5.97 Å². The fourth-order valence-electron chi connectivity index (χ4n) is 4.59. The summed E-state index contributed by atoms with van der Waals surface area (Å²) in [5, 5.41) is 15.8. The number of ether oxygens (including phenoxy) is 1. The van der Waals surface area contributed by atoms with Gasteiger partial charge in [-0.2, -0.15) is 5.10 Å². The van der Waals surface area contributed by atoms with Crippen LogP contribution in [0.25, 0.3) is 22.4 Å². The molecule has 3 aromatic rings. The minimum Gasteiger partial charge on any atom is -0.480 e. The molecule has 1 aliphatic carbocycles. The van der Waals surface area contributed by atoms with Crippen molar-refractivity contribution in [3.63, 3.8) is 0 Å². The maximum atomic E-state index is 10.7. The van der Waals surface area contributed by atoms with Crippen molar-refractivity contribution >= 4 is 29.3 Å². The number of hydrogen-bond acceptors (Lipinski definition) is 4. The Morgan fingerprint density at radius 2 is 1.73 bits per heavy atom. The molecule has 1 N–H and O–H groups in total. The molecule has 0 aliphatic heterocycles. The van der Waals surface area contributed by atoms with Crippen LogP contribution in [0.4, 0.5) is 0 Å². The lowest BCUT2D eigenvalue weighted by Gasteiger charge is -2.28. The summed E-state index contributed by atoms with van der Waals surface area (Å²) in [6.07, 6.45) is 6.45. The maximum absolute atomic E-state index is 10.7. The van der Waals surface area contributed by atoms with Crippen molar-refractivity contribution < 1.29 is 14.6 Å². The minimum absolute atomic E-state index is 0.208. The van der Waals surface area contributed by atoms with E-state index in [1.165, 1.54) is 5.03 Å². The summed E-state index contributed by atoms with van der Waals surface area (Å²) in [5.74, 6) is 0.0913. The number of carbonyl (C=O) groups is 1. The number of rotatable bonds is 9. The molecule has 1 heterocycles. The number of carboxylic acid groups (broad SMARTS) is 1. The second kappa shape index (κ2) is 11.2. The lowest BCUT2D eigenvalue weighted by Crippen LogP contribution is -2.23. The first kappa shape index (κ1) is 23.9. The molecule has 1 aromatic heterocycles. The Balaban J connectivity index is 1.55. The highest BCUT2D eigenvalue weighted by Crippen LogP contribution is 2.40. The van der Waals surface area contributed by atoms with Gasteiger partial charge < -0.3 is 9.84 Å². The molecule has 0 unspecified atom stereocenters. The average molecular weight is 485 g/mol. The number of nitrogens with zero attached hydrogens (tertiary/aromatic N) is 2. The molecule has 0 bridgehead atoms. The van der Waals surface area contributed by atoms with Gasteiger partial charge in [-0.3, -0.25) is 4.68 Å². The Hall–Kier alpha value is -2.28. The predicted molar refractivity (Wildman–Crippen MR) is 134 cm³/mol. The normalized spacial score (nSPS) is 18.4. The van der Waals surface area contributed by atoms with E-state index in [0.717, 1.165) is 59.6 Å². The summed E-state index contributed by atoms with van der Waals surface area (Å²) in [5.41, 5.74) is 4.38. The van der Waals surface area contributed by atoms with Gasteiger partial charge in [-0.1, -0.05) is 54.1 Å². The van der Waals surface area contributed by atoms with Crippen molar-refractivity contribution in [2.24, 2.45) is 11.8 Å². The molecular formula is C26H29ClN2O3S. The Kier molecular flexibility index (Phi) is 8.12. The highest BCUT2D eigenvalue weighted by atomic mass is 35.5. The highest BCUT2D eigenvalue weighted by Gasteiger charge is 2.25. The molecule has 4 rings (SSSR count). The molecule has 0 spiro atoms. The van der Waals surface area contributed by atoms with Gasteiger partial charge in [0.25, 0.3) is 0 Å². The second-order valence-electron chi connectivity index (χ2n) is 8.58. The van der Waals surface area contributed by atoms with Gasteiger partial charge in [0.15, 0.2) is 0 Å². The third-order valence-corrected chi connectivity index (χ3v) is 7.31. The van der Waals surface area contributed by atoms with Gasteiger partial charge >= 0.3 is 5.97 Å². The quantitative estimate of drug-likeness (QED) is 0.351. The van der Waals surface area contributed by atoms with E-state index >= 15 is 0 Å². The first-order valence-corrected chi connectivity index (χ1v) is 12.9. The van der Waals surface area contributed by atoms with Crippen LogP contribution in [0.1, 0.15) is 25.7 Å². The van der Waals surface area contributed by atoms with E-state index in [2.05, 4.69) is 35.2 Å². The van der Waals surface area contributed by atoms with Crippen molar-refractivity contribution in [1.82, 2.24) is 9.78 Å². The van der Waals surface area contributed by atoms with Crippen LogP contribution in [-0.4, -0.2) is 40.3 Å². The molecule has 0 amide bonds. The molecule has 1 fully saturated rings. The van der Waals surface area contributed by atoms with Gasteiger partial charge in [0.2, 0.25) is 0 Å². The van der Waals surface area contributed by atoms with E-state index in [9.17, 15) is 4.79 Å². The molecule has 33 heavy (non-hydrogen) atoms. The van der Waals surface area contributed by atoms with Crippen molar-refractivity contribution in [2.75, 3.05) is 19.5 Å². The van der Waals surface area contributed by atoms with E-state index in [1.54, 1.807) is 11.8 Å². The smallest absolute Gasteiger partial charge is 0.329 e. The van der Waals surface area contributed by atoms with Gasteiger partial charge in [-0.25, -0.2) is 4.79 Å². The number of aliphatic carboxylic acids is 1. The second-order valence-corrected chi connectivity index (χ2v) is 9.81. The number of halogens is 1. The van der Waals surface area contributed by atoms with Gasteiger partial charge in [0.05, 0.1) is 6.61 Å². The summed E-state index contributed by atoms with van der Waals surface area (Å²) >= 11 is 7.89. The SMILES string of the molecule is CSc1c(-c2ccc(Cl)cc2)c(-c2ccccc2)nn1C[C@H]1CC[C@H](COCC(=O)O)CC1. The Morgan fingerprint density at radius 3 is 2.36 bits per heavy atom. The molecule has 1 saturated carbocycles. The van der Waals surface area contributed by atoms with E-state index in [-0.39, 0.29) is 6.61 Å². The number of thioether (sulfide) groups is 1. The number of carboxylic acids is 1. The van der Waals surface area contributed by atoms with Gasteiger partial charge in [0, 0.05) is 22.7 Å². The topological polar surface area (TPSA) is 64.4 Å². The highest BCUT2D eigenvalue weighted by molar-refractivity contribution is 7.98. The van der Waals surface area contributed by atoms with E-state index in [0.29, 0.717) is 18.4 Å². The van der Waals surface area contributed by atoms with E-state index in [4.69, 9.17) is 26.5 Å². The van der Waals surface area contributed by atoms with Crippen molar-refractivity contribution in [3.05, 3.63) is 59.6 Å². The van der Waals surface area contributed by atoms with Crippen LogP contribution in [0.5, 0.6) is 0 Å². The third kappa shape index (κ3) is 5.99. The lowest BCUT2D eigenvalue weighted by atomic mass is 9.82. The van der Waals surface area contributed by atoms with Crippen molar-refractivity contribution in [3.8, 4) is 22.4 Å². The molecule has 7 heteroatoms. The molecule has 0 radical (unpaired) electrons. The first-order chi connectivity index (χ1) is 16.0. The summed E-state index contributed by atoms with van der Waals surface area (Å²) in [4.78, 5) is 10.7. The van der Waals surface area contributed by atoms with Gasteiger partial charge in [0.1, 0.15) is 17.3 Å². The fourth-order valence-corrected chi connectivity index (χ4v) is 5.46.